The van der Waals surface area contributed by atoms with E-state index in [1.54, 1.807) is 10.6 Å². The number of anilines is 1. The number of hydrogen-bond donors (Lipinski definition) is 2. The largest absolute Gasteiger partial charge is 0.417 e. The molecule has 0 spiro atoms. The van der Waals surface area contributed by atoms with E-state index >= 15 is 0 Å². The first-order valence-electron chi connectivity index (χ1n) is 7.15. The summed E-state index contributed by atoms with van der Waals surface area (Å²) in [6.45, 7) is 0. The number of alkyl halides is 6. The molecule has 2 rings (SSSR count). The third-order valence-corrected chi connectivity index (χ3v) is 3.71. The van der Waals surface area contributed by atoms with Crippen molar-refractivity contribution in [1.29, 1.82) is 0 Å². The predicted molar refractivity (Wildman–Crippen MR) is 84.3 cm³/mol. The summed E-state index contributed by atoms with van der Waals surface area (Å²) >= 11 is 5.46. The van der Waals surface area contributed by atoms with Gasteiger partial charge in [0.1, 0.15) is 5.82 Å². The lowest BCUT2D eigenvalue weighted by Crippen LogP contribution is -2.35. The van der Waals surface area contributed by atoms with Gasteiger partial charge in [-0.2, -0.15) is 26.3 Å². The van der Waals surface area contributed by atoms with Crippen molar-refractivity contribution in [2.24, 2.45) is 0 Å². The molecule has 0 fully saturated rings. The molecule has 0 saturated heterocycles. The Labute approximate surface area is 157 Å². The predicted octanol–water partition coefficient (Wildman–Crippen LogP) is 5.48. The zero-order valence-corrected chi connectivity index (χ0v) is 14.1. The summed E-state index contributed by atoms with van der Waals surface area (Å²) in [5.74, 6) is -2.26. The van der Waals surface area contributed by atoms with Crippen LogP contribution in [0.3, 0.4) is 0 Å². The second-order valence-corrected chi connectivity index (χ2v) is 5.65. The molecular weight excluding hydrogens is 421 g/mol. The molecule has 0 bridgehead atoms. The molecule has 28 heavy (non-hydrogen) atoms. The summed E-state index contributed by atoms with van der Waals surface area (Å²) in [6.07, 6.45) is -10.4. The summed E-state index contributed by atoms with van der Waals surface area (Å²) in [4.78, 5) is 23.6. The van der Waals surface area contributed by atoms with E-state index in [0.717, 1.165) is 12.1 Å². The Bertz CT molecular complexity index is 926. The maximum absolute atomic E-state index is 13.5. The minimum atomic E-state index is -5.24. The molecule has 0 unspecified atom stereocenters. The minimum absolute atomic E-state index is 0.171. The van der Waals surface area contributed by atoms with Crippen molar-refractivity contribution in [3.8, 4) is 0 Å². The van der Waals surface area contributed by atoms with Gasteiger partial charge >= 0.3 is 18.4 Å². The second-order valence-electron chi connectivity index (χ2n) is 5.27. The van der Waals surface area contributed by atoms with Gasteiger partial charge in [0, 0.05) is 0 Å². The van der Waals surface area contributed by atoms with E-state index in [-0.39, 0.29) is 12.1 Å². The fourth-order valence-electron chi connectivity index (χ4n) is 2.05. The zero-order chi connectivity index (χ0) is 21.3. The maximum atomic E-state index is 13.5. The van der Waals surface area contributed by atoms with E-state index < -0.39 is 57.5 Å². The number of carbonyl (C=O) groups excluding carboxylic acids is 2. The highest BCUT2D eigenvalue weighted by Gasteiger charge is 2.39. The van der Waals surface area contributed by atoms with E-state index in [1.165, 1.54) is 12.1 Å². The summed E-state index contributed by atoms with van der Waals surface area (Å²) in [5, 5.41) is 2.00. The second kappa shape index (κ2) is 7.66. The third kappa shape index (κ3) is 4.91. The number of urea groups is 1. The smallest absolute Gasteiger partial charge is 0.306 e. The first-order valence-corrected chi connectivity index (χ1v) is 7.53. The molecule has 3 amide bonds. The number of nitrogens with one attached hydrogen (secondary N) is 2. The van der Waals surface area contributed by atoms with Crippen molar-refractivity contribution in [3.05, 3.63) is 63.9 Å². The molecule has 0 atom stereocenters. The van der Waals surface area contributed by atoms with Crippen molar-refractivity contribution >= 4 is 29.2 Å². The van der Waals surface area contributed by atoms with Crippen molar-refractivity contribution in [2.45, 2.75) is 12.4 Å². The highest BCUT2D eigenvalue weighted by Crippen LogP contribution is 2.42. The lowest BCUT2D eigenvalue weighted by molar-refractivity contribution is -0.142. The van der Waals surface area contributed by atoms with Crippen LogP contribution >= 0.6 is 11.6 Å². The van der Waals surface area contributed by atoms with Gasteiger partial charge in [0.25, 0.3) is 5.91 Å². The Hall–Kier alpha value is -2.82. The van der Waals surface area contributed by atoms with Gasteiger partial charge in [0.05, 0.1) is 27.4 Å². The molecule has 4 nitrogen and oxygen atoms in total. The van der Waals surface area contributed by atoms with Gasteiger partial charge in [-0.05, 0) is 24.3 Å². The SMILES string of the molecule is O=C(NC(=O)c1ccccc1F)Nc1cc(C(F)(F)F)cc(C(F)(F)F)c1Cl. The lowest BCUT2D eigenvalue weighted by Gasteiger charge is -2.17. The molecular formula is C16H8ClF7N2O2. The van der Waals surface area contributed by atoms with Gasteiger partial charge in [-0.1, -0.05) is 23.7 Å². The third-order valence-electron chi connectivity index (χ3n) is 3.30. The quantitative estimate of drug-likeness (QED) is 0.622. The number of amides is 3. The highest BCUT2D eigenvalue weighted by molar-refractivity contribution is 6.34. The van der Waals surface area contributed by atoms with Crippen LogP contribution in [-0.4, -0.2) is 11.9 Å². The highest BCUT2D eigenvalue weighted by atomic mass is 35.5. The van der Waals surface area contributed by atoms with Gasteiger partial charge < -0.3 is 5.32 Å². The Kier molecular flexibility index (Phi) is 5.88. The molecule has 0 aliphatic carbocycles. The molecule has 2 N–H and O–H groups in total. The number of benzene rings is 2. The maximum Gasteiger partial charge on any atom is 0.417 e. The molecule has 0 saturated carbocycles. The summed E-state index contributed by atoms with van der Waals surface area (Å²) in [7, 11) is 0. The average Bonchev–Trinajstić information content (AvgIpc) is 2.54. The van der Waals surface area contributed by atoms with Crippen LogP contribution < -0.4 is 10.6 Å². The number of halogens is 8. The van der Waals surface area contributed by atoms with Crippen LogP contribution in [0, 0.1) is 5.82 Å². The summed E-state index contributed by atoms with van der Waals surface area (Å²) < 4.78 is 90.8. The molecule has 0 heterocycles. The Morgan fingerprint density at radius 3 is 2.07 bits per heavy atom. The Morgan fingerprint density at radius 2 is 1.54 bits per heavy atom. The zero-order valence-electron chi connectivity index (χ0n) is 13.3. The lowest BCUT2D eigenvalue weighted by atomic mass is 10.1. The molecule has 2 aromatic carbocycles. The molecule has 2 aromatic rings. The van der Waals surface area contributed by atoms with Crippen LogP contribution in [0.5, 0.6) is 0 Å². The average molecular weight is 429 g/mol. The molecule has 0 aliphatic heterocycles. The van der Waals surface area contributed by atoms with Crippen LogP contribution in [-0.2, 0) is 12.4 Å². The number of carbonyl (C=O) groups is 2. The fraction of sp³-hybridized carbons (Fsp3) is 0.125. The topological polar surface area (TPSA) is 58.2 Å². The molecule has 150 valence electrons. The standard InChI is InChI=1S/C16H8ClF7N2O2/c17-12-9(16(22,23)24)5-7(15(19,20)21)6-11(12)25-14(28)26-13(27)8-3-1-2-4-10(8)18/h1-6H,(H2,25,26,27,28). The van der Waals surface area contributed by atoms with Crippen LogP contribution in [0.2, 0.25) is 5.02 Å². The van der Waals surface area contributed by atoms with E-state index in [9.17, 15) is 40.3 Å². The minimum Gasteiger partial charge on any atom is -0.306 e. The van der Waals surface area contributed by atoms with Gasteiger partial charge in [-0.3, -0.25) is 10.1 Å². The van der Waals surface area contributed by atoms with Crippen LogP contribution in [0.25, 0.3) is 0 Å². The van der Waals surface area contributed by atoms with Crippen molar-refractivity contribution in [2.75, 3.05) is 5.32 Å². The van der Waals surface area contributed by atoms with Crippen LogP contribution in [0.4, 0.5) is 41.2 Å². The normalized spacial score (nSPS) is 11.9. The molecule has 12 heteroatoms. The molecule has 0 aromatic heterocycles. The Balaban J connectivity index is 2.33. The Morgan fingerprint density at radius 1 is 0.929 bits per heavy atom. The molecule has 0 radical (unpaired) electrons. The first kappa shape index (κ1) is 21.5. The summed E-state index contributed by atoms with van der Waals surface area (Å²) in [5.41, 5.74) is -5.16. The van der Waals surface area contributed by atoms with E-state index in [2.05, 4.69) is 0 Å². The van der Waals surface area contributed by atoms with Crippen molar-refractivity contribution < 1.29 is 40.3 Å². The summed E-state index contributed by atoms with van der Waals surface area (Å²) in [6, 6.07) is 2.90. The van der Waals surface area contributed by atoms with E-state index in [0.29, 0.717) is 0 Å². The monoisotopic (exact) mass is 428 g/mol. The van der Waals surface area contributed by atoms with Crippen molar-refractivity contribution in [3.63, 3.8) is 0 Å². The van der Waals surface area contributed by atoms with E-state index in [1.807, 2.05) is 0 Å². The van der Waals surface area contributed by atoms with E-state index in [4.69, 9.17) is 11.6 Å². The first-order chi connectivity index (χ1) is 12.8. The van der Waals surface area contributed by atoms with Gasteiger partial charge in [-0.25, -0.2) is 9.18 Å². The molecule has 0 aliphatic rings. The van der Waals surface area contributed by atoms with Crippen LogP contribution in [0.15, 0.2) is 36.4 Å². The van der Waals surface area contributed by atoms with Crippen molar-refractivity contribution in [1.82, 2.24) is 5.32 Å². The van der Waals surface area contributed by atoms with Crippen LogP contribution in [0.1, 0.15) is 21.5 Å². The number of imide groups is 1. The number of rotatable bonds is 2. The van der Waals surface area contributed by atoms with Gasteiger partial charge in [0.2, 0.25) is 0 Å². The number of hydrogen-bond acceptors (Lipinski definition) is 2. The fourth-order valence-corrected chi connectivity index (χ4v) is 2.32. The van der Waals surface area contributed by atoms with Gasteiger partial charge in [0.15, 0.2) is 0 Å². The van der Waals surface area contributed by atoms with Gasteiger partial charge in [-0.15, -0.1) is 0 Å².